The molecule has 23 heavy (non-hydrogen) atoms. The van der Waals surface area contributed by atoms with E-state index in [2.05, 4.69) is 13.8 Å². The number of fused-ring (bicyclic) bond motifs is 5. The first kappa shape index (κ1) is 15.5. The minimum absolute atomic E-state index is 0.241. The van der Waals surface area contributed by atoms with Crippen LogP contribution in [0.2, 0.25) is 0 Å². The molecule has 3 fully saturated rings. The van der Waals surface area contributed by atoms with Crippen LogP contribution in [0.4, 0.5) is 0 Å². The van der Waals surface area contributed by atoms with Crippen molar-refractivity contribution in [1.82, 2.24) is 0 Å². The summed E-state index contributed by atoms with van der Waals surface area (Å²) >= 11 is 0. The molecule has 0 aliphatic heterocycles. The molecule has 0 amide bonds. The minimum Gasteiger partial charge on any atom is -0.508 e. The van der Waals surface area contributed by atoms with Crippen molar-refractivity contribution in [3.05, 3.63) is 23.5 Å². The van der Waals surface area contributed by atoms with Gasteiger partial charge in [-0.1, -0.05) is 19.4 Å². The van der Waals surface area contributed by atoms with Crippen molar-refractivity contribution >= 4 is 5.78 Å². The number of hydrogen-bond donors (Lipinski definition) is 1. The van der Waals surface area contributed by atoms with Gasteiger partial charge in [0.25, 0.3) is 0 Å². The molecule has 0 heterocycles. The van der Waals surface area contributed by atoms with Crippen molar-refractivity contribution in [3.8, 4) is 0 Å². The van der Waals surface area contributed by atoms with E-state index in [1.165, 1.54) is 31.3 Å². The van der Waals surface area contributed by atoms with Gasteiger partial charge in [0, 0.05) is 5.92 Å². The van der Waals surface area contributed by atoms with Crippen molar-refractivity contribution in [1.29, 1.82) is 0 Å². The Morgan fingerprint density at radius 3 is 2.70 bits per heavy atom. The molecule has 0 unspecified atom stereocenters. The maximum absolute atomic E-state index is 12.1. The lowest BCUT2D eigenvalue weighted by molar-refractivity contribution is -0.127. The summed E-state index contributed by atoms with van der Waals surface area (Å²) in [7, 11) is 0. The molecule has 2 nitrogen and oxygen atoms in total. The largest absolute Gasteiger partial charge is 0.508 e. The lowest BCUT2D eigenvalue weighted by atomic mass is 9.47. The smallest absolute Gasteiger partial charge is 0.133 e. The summed E-state index contributed by atoms with van der Waals surface area (Å²) in [6.07, 6.45) is 12.3. The summed E-state index contributed by atoms with van der Waals surface area (Å²) in [6, 6.07) is 0. The fourth-order valence-electron chi connectivity index (χ4n) is 7.07. The minimum atomic E-state index is 0.241. The zero-order valence-corrected chi connectivity index (χ0v) is 14.8. The Labute approximate surface area is 140 Å². The monoisotopic (exact) mass is 314 g/mol. The van der Waals surface area contributed by atoms with E-state index < -0.39 is 0 Å². The second-order valence-corrected chi connectivity index (χ2v) is 9.12. The number of aliphatic hydroxyl groups excluding tert-OH is 1. The van der Waals surface area contributed by atoms with Gasteiger partial charge in [0.1, 0.15) is 11.5 Å². The van der Waals surface area contributed by atoms with Crippen LogP contribution < -0.4 is 0 Å². The molecule has 0 radical (unpaired) electrons. The lowest BCUT2D eigenvalue weighted by Gasteiger charge is -2.57. The molecule has 6 atom stereocenters. The molecule has 3 saturated carbocycles. The third-order valence-electron chi connectivity index (χ3n) is 8.28. The summed E-state index contributed by atoms with van der Waals surface area (Å²) < 4.78 is 0. The highest BCUT2D eigenvalue weighted by Gasteiger charge is 2.59. The van der Waals surface area contributed by atoms with E-state index in [0.29, 0.717) is 17.5 Å². The van der Waals surface area contributed by atoms with Crippen LogP contribution in [0.25, 0.3) is 0 Å². The molecular formula is C21H30O2. The second-order valence-electron chi connectivity index (χ2n) is 9.12. The Kier molecular flexibility index (Phi) is 3.35. The highest BCUT2D eigenvalue weighted by atomic mass is 16.3. The zero-order chi connectivity index (χ0) is 16.4. The molecule has 4 aliphatic rings. The summed E-state index contributed by atoms with van der Waals surface area (Å²) in [5.41, 5.74) is 1.96. The van der Waals surface area contributed by atoms with Gasteiger partial charge in [0.05, 0.1) is 0 Å². The van der Waals surface area contributed by atoms with Gasteiger partial charge in [-0.3, -0.25) is 4.79 Å². The van der Waals surface area contributed by atoms with Crippen molar-refractivity contribution in [2.75, 3.05) is 0 Å². The SMILES string of the molecule is CC(=O)[C@H]1CC[C@H]2[C@@H]3CCC4=CC(O)=CC[C@]4(C)[C@H]3CC[C@]12C. The van der Waals surface area contributed by atoms with Gasteiger partial charge in [-0.25, -0.2) is 0 Å². The quantitative estimate of drug-likeness (QED) is 0.721. The van der Waals surface area contributed by atoms with Crippen LogP contribution in [-0.4, -0.2) is 10.9 Å². The molecule has 126 valence electrons. The number of ketones is 1. The van der Waals surface area contributed by atoms with Crippen LogP contribution in [0.15, 0.2) is 23.5 Å². The molecule has 0 aromatic heterocycles. The second kappa shape index (κ2) is 4.97. The van der Waals surface area contributed by atoms with Crippen LogP contribution in [0.3, 0.4) is 0 Å². The van der Waals surface area contributed by atoms with E-state index in [1.807, 2.05) is 19.1 Å². The molecule has 2 heteroatoms. The highest BCUT2D eigenvalue weighted by molar-refractivity contribution is 5.79. The number of aliphatic hydroxyl groups is 1. The standard InChI is InChI=1S/C21H30O2/c1-13(22)17-6-7-18-16-5-4-14-12-15(23)8-10-20(14,2)19(16)9-11-21(17,18)3/h8,12,16-19,23H,4-7,9-11H2,1-3H3/t16-,17+,18-,19-,20-,21+/m0/s1. The van der Waals surface area contributed by atoms with Gasteiger partial charge in [0.15, 0.2) is 0 Å². The van der Waals surface area contributed by atoms with Crippen LogP contribution in [0.5, 0.6) is 0 Å². The molecule has 0 saturated heterocycles. The van der Waals surface area contributed by atoms with Crippen molar-refractivity contribution in [3.63, 3.8) is 0 Å². The summed E-state index contributed by atoms with van der Waals surface area (Å²) in [5.74, 6) is 3.42. The van der Waals surface area contributed by atoms with Gasteiger partial charge in [-0.2, -0.15) is 0 Å². The Morgan fingerprint density at radius 2 is 1.96 bits per heavy atom. The fourth-order valence-corrected chi connectivity index (χ4v) is 7.07. The number of carbonyl (C=O) groups is 1. The third kappa shape index (κ3) is 2.03. The molecule has 1 N–H and O–H groups in total. The number of allylic oxidation sites excluding steroid dienone is 3. The summed E-state index contributed by atoms with van der Waals surface area (Å²) in [4.78, 5) is 12.1. The molecule has 4 rings (SSSR count). The predicted octanol–water partition coefficient (Wildman–Crippen LogP) is 5.21. The number of rotatable bonds is 1. The van der Waals surface area contributed by atoms with E-state index in [0.717, 1.165) is 37.0 Å². The van der Waals surface area contributed by atoms with Gasteiger partial charge < -0.3 is 5.11 Å². The summed E-state index contributed by atoms with van der Waals surface area (Å²) in [6.45, 7) is 6.65. The van der Waals surface area contributed by atoms with E-state index in [9.17, 15) is 9.90 Å². The van der Waals surface area contributed by atoms with Gasteiger partial charge in [0.2, 0.25) is 0 Å². The van der Waals surface area contributed by atoms with Crippen molar-refractivity contribution < 1.29 is 9.90 Å². The van der Waals surface area contributed by atoms with Crippen LogP contribution in [-0.2, 0) is 4.79 Å². The summed E-state index contributed by atoms with van der Waals surface area (Å²) in [5, 5.41) is 9.89. The Morgan fingerprint density at radius 1 is 1.17 bits per heavy atom. The number of hydrogen-bond acceptors (Lipinski definition) is 2. The Balaban J connectivity index is 1.66. The topological polar surface area (TPSA) is 37.3 Å². The average molecular weight is 314 g/mol. The molecular weight excluding hydrogens is 284 g/mol. The van der Waals surface area contributed by atoms with Crippen molar-refractivity contribution in [2.45, 2.75) is 65.7 Å². The molecule has 4 aliphatic carbocycles. The van der Waals surface area contributed by atoms with E-state index in [4.69, 9.17) is 0 Å². The van der Waals surface area contributed by atoms with Crippen LogP contribution in [0, 0.1) is 34.5 Å². The maximum atomic E-state index is 12.1. The Bertz CT molecular complexity index is 601. The van der Waals surface area contributed by atoms with Gasteiger partial charge >= 0.3 is 0 Å². The first-order chi connectivity index (χ1) is 10.9. The van der Waals surface area contributed by atoms with Crippen LogP contribution in [0.1, 0.15) is 65.7 Å². The Hall–Kier alpha value is -1.05. The fraction of sp³-hybridized carbons (Fsp3) is 0.762. The first-order valence-corrected chi connectivity index (χ1v) is 9.47. The first-order valence-electron chi connectivity index (χ1n) is 9.47. The van der Waals surface area contributed by atoms with Crippen molar-refractivity contribution in [2.24, 2.45) is 34.5 Å². The number of Topliss-reactive ketones (excluding diaryl/α,β-unsaturated/α-hetero) is 1. The molecule has 0 aromatic rings. The normalized spacial score (nSPS) is 48.7. The average Bonchev–Trinajstić information content (AvgIpc) is 2.85. The highest BCUT2D eigenvalue weighted by Crippen LogP contribution is 2.66. The zero-order valence-electron chi connectivity index (χ0n) is 14.8. The maximum Gasteiger partial charge on any atom is 0.133 e. The lowest BCUT2D eigenvalue weighted by Crippen LogP contribution is -2.50. The van der Waals surface area contributed by atoms with E-state index >= 15 is 0 Å². The van der Waals surface area contributed by atoms with E-state index in [-0.39, 0.29) is 10.8 Å². The molecule has 0 bridgehead atoms. The number of carbonyl (C=O) groups excluding carboxylic acids is 1. The third-order valence-corrected chi connectivity index (χ3v) is 8.28. The predicted molar refractivity (Wildman–Crippen MR) is 92.0 cm³/mol. The van der Waals surface area contributed by atoms with Gasteiger partial charge in [-0.05, 0) is 92.6 Å². The van der Waals surface area contributed by atoms with Crippen LogP contribution >= 0.6 is 0 Å². The van der Waals surface area contributed by atoms with Gasteiger partial charge in [-0.15, -0.1) is 0 Å². The molecule has 0 spiro atoms. The molecule has 0 aromatic carbocycles. The van der Waals surface area contributed by atoms with E-state index in [1.54, 1.807) is 0 Å².